The second kappa shape index (κ2) is 7.97. The zero-order valence-corrected chi connectivity index (χ0v) is 13.2. The maximum atomic E-state index is 12.0. The highest BCUT2D eigenvalue weighted by Gasteiger charge is 2.29. The summed E-state index contributed by atoms with van der Waals surface area (Å²) in [4.78, 5) is 12.0. The molecule has 1 atom stereocenters. The van der Waals surface area contributed by atoms with Crippen LogP contribution in [0.5, 0.6) is 5.75 Å². The van der Waals surface area contributed by atoms with Crippen LogP contribution < -0.4 is 11.2 Å². The lowest BCUT2D eigenvalue weighted by Crippen LogP contribution is -2.34. The van der Waals surface area contributed by atoms with E-state index >= 15 is 0 Å². The van der Waals surface area contributed by atoms with Gasteiger partial charge >= 0.3 is 0 Å². The fourth-order valence-electron chi connectivity index (χ4n) is 3.46. The minimum absolute atomic E-state index is 0.0526. The lowest BCUT2D eigenvalue weighted by Gasteiger charge is -2.28. The first-order valence-electron chi connectivity index (χ1n) is 8.13. The smallest absolute Gasteiger partial charge is 0.246 e. The van der Waals surface area contributed by atoms with Gasteiger partial charge in [0.15, 0.2) is 0 Å². The Morgan fingerprint density at radius 1 is 1.35 bits per heavy atom. The molecule has 0 heterocycles. The zero-order valence-electron chi connectivity index (χ0n) is 13.2. The number of amidine groups is 1. The third-order valence-corrected chi connectivity index (χ3v) is 4.78. The van der Waals surface area contributed by atoms with E-state index in [4.69, 9.17) is 16.4 Å². The van der Waals surface area contributed by atoms with Gasteiger partial charge in [0.1, 0.15) is 11.6 Å². The summed E-state index contributed by atoms with van der Waals surface area (Å²) in [5, 5.41) is 26.5. The van der Waals surface area contributed by atoms with Gasteiger partial charge in [0, 0.05) is 11.5 Å². The van der Waals surface area contributed by atoms with Crippen molar-refractivity contribution in [1.82, 2.24) is 5.48 Å². The van der Waals surface area contributed by atoms with Gasteiger partial charge in [-0.15, -0.1) is 0 Å². The number of nitrogens with two attached hydrogens (primary N) is 1. The summed E-state index contributed by atoms with van der Waals surface area (Å²) < 4.78 is 0. The largest absolute Gasteiger partial charge is 0.508 e. The summed E-state index contributed by atoms with van der Waals surface area (Å²) in [5.74, 6) is -0.251. The second-order valence-corrected chi connectivity index (χ2v) is 6.28. The van der Waals surface area contributed by atoms with Crippen LogP contribution in [0.25, 0.3) is 0 Å². The van der Waals surface area contributed by atoms with E-state index in [9.17, 15) is 9.90 Å². The number of hydrogen-bond donors (Lipinski definition) is 5. The van der Waals surface area contributed by atoms with Crippen LogP contribution in [0.2, 0.25) is 0 Å². The molecule has 0 radical (unpaired) electrons. The predicted octanol–water partition coefficient (Wildman–Crippen LogP) is 2.31. The van der Waals surface area contributed by atoms with E-state index in [1.165, 1.54) is 12.5 Å². The Balaban J connectivity index is 2.10. The number of rotatable bonds is 6. The van der Waals surface area contributed by atoms with Gasteiger partial charge in [0.25, 0.3) is 0 Å². The van der Waals surface area contributed by atoms with Gasteiger partial charge in [-0.1, -0.05) is 19.3 Å². The molecule has 6 heteroatoms. The number of phenols is 1. The van der Waals surface area contributed by atoms with Gasteiger partial charge in [-0.05, 0) is 55.4 Å². The highest BCUT2D eigenvalue weighted by Crippen LogP contribution is 2.33. The normalized spacial score (nSPS) is 16.7. The van der Waals surface area contributed by atoms with E-state index in [1.807, 2.05) is 0 Å². The molecule has 0 bridgehead atoms. The van der Waals surface area contributed by atoms with Gasteiger partial charge in [-0.3, -0.25) is 15.4 Å². The second-order valence-electron chi connectivity index (χ2n) is 6.28. The van der Waals surface area contributed by atoms with Crippen molar-refractivity contribution in [3.8, 4) is 5.75 Å². The number of benzene rings is 1. The topological polar surface area (TPSA) is 119 Å². The van der Waals surface area contributed by atoms with Crippen LogP contribution in [-0.4, -0.2) is 22.1 Å². The van der Waals surface area contributed by atoms with E-state index in [0.29, 0.717) is 24.0 Å². The molecule has 23 heavy (non-hydrogen) atoms. The number of aromatic hydroxyl groups is 1. The first-order chi connectivity index (χ1) is 11.0. The lowest BCUT2D eigenvalue weighted by atomic mass is 9.77. The lowest BCUT2D eigenvalue weighted by molar-refractivity contribution is -0.135. The fourth-order valence-corrected chi connectivity index (χ4v) is 3.46. The maximum absolute atomic E-state index is 12.0. The van der Waals surface area contributed by atoms with Crippen LogP contribution in [0.15, 0.2) is 18.2 Å². The van der Waals surface area contributed by atoms with E-state index in [0.717, 1.165) is 25.7 Å². The molecule has 1 unspecified atom stereocenters. The summed E-state index contributed by atoms with van der Waals surface area (Å²) in [6.07, 6.45) is 6.48. The fraction of sp³-hybridized carbons (Fsp3) is 0.529. The van der Waals surface area contributed by atoms with Crippen molar-refractivity contribution in [2.24, 2.45) is 17.6 Å². The Labute approximate surface area is 136 Å². The monoisotopic (exact) mass is 319 g/mol. The van der Waals surface area contributed by atoms with Gasteiger partial charge in [0.05, 0.1) is 0 Å². The molecule has 0 saturated heterocycles. The molecular weight excluding hydrogens is 294 g/mol. The Bertz CT molecular complexity index is 568. The highest BCUT2D eigenvalue weighted by atomic mass is 16.5. The van der Waals surface area contributed by atoms with Crippen LogP contribution in [-0.2, 0) is 11.2 Å². The minimum Gasteiger partial charge on any atom is -0.508 e. The van der Waals surface area contributed by atoms with Crippen molar-refractivity contribution in [3.05, 3.63) is 29.3 Å². The number of aryl methyl sites for hydroxylation is 1. The maximum Gasteiger partial charge on any atom is 0.246 e. The van der Waals surface area contributed by atoms with Crippen molar-refractivity contribution in [2.45, 2.75) is 44.9 Å². The van der Waals surface area contributed by atoms with Crippen molar-refractivity contribution < 1.29 is 15.1 Å². The first kappa shape index (κ1) is 17.3. The van der Waals surface area contributed by atoms with Gasteiger partial charge < -0.3 is 10.8 Å². The zero-order chi connectivity index (χ0) is 16.8. The van der Waals surface area contributed by atoms with Crippen molar-refractivity contribution in [1.29, 1.82) is 5.41 Å². The molecule has 6 N–H and O–H groups in total. The van der Waals surface area contributed by atoms with Crippen molar-refractivity contribution >= 4 is 11.7 Å². The molecular formula is C17H25N3O3. The summed E-state index contributed by atoms with van der Waals surface area (Å²) in [5.41, 5.74) is 8.49. The summed E-state index contributed by atoms with van der Waals surface area (Å²) >= 11 is 0. The predicted molar refractivity (Wildman–Crippen MR) is 87.4 cm³/mol. The van der Waals surface area contributed by atoms with Crippen molar-refractivity contribution in [3.63, 3.8) is 0 Å². The standard InChI is InChI=1S/C17H25N3O3/c18-16(19)13-7-9-15(21)12(10-13)6-8-14(17(22)20-23)11-4-2-1-3-5-11/h7,9-11,14,21,23H,1-6,8H2,(H3,18,19)(H,20,22). The Hall–Kier alpha value is -2.08. The molecule has 1 saturated carbocycles. The molecule has 0 spiro atoms. The summed E-state index contributed by atoms with van der Waals surface area (Å²) in [6, 6.07) is 4.81. The number of phenolic OH excluding ortho intramolecular Hbond substituents is 1. The number of carbonyl (C=O) groups excluding carboxylic acids is 1. The molecule has 1 amide bonds. The molecule has 1 aliphatic carbocycles. The number of amides is 1. The molecule has 2 rings (SSSR count). The number of nitrogens with one attached hydrogen (secondary N) is 2. The van der Waals surface area contributed by atoms with E-state index in [-0.39, 0.29) is 29.3 Å². The summed E-state index contributed by atoms with van der Waals surface area (Å²) in [6.45, 7) is 0. The number of hydrogen-bond acceptors (Lipinski definition) is 4. The van der Waals surface area contributed by atoms with Gasteiger partial charge in [-0.25, -0.2) is 5.48 Å². The average Bonchev–Trinajstić information content (AvgIpc) is 2.57. The Morgan fingerprint density at radius 3 is 2.65 bits per heavy atom. The van der Waals surface area contributed by atoms with Gasteiger partial charge in [-0.2, -0.15) is 0 Å². The van der Waals surface area contributed by atoms with Crippen LogP contribution in [0.4, 0.5) is 0 Å². The molecule has 1 aliphatic rings. The molecule has 0 aliphatic heterocycles. The van der Waals surface area contributed by atoms with Crippen LogP contribution in [0, 0.1) is 17.2 Å². The van der Waals surface area contributed by atoms with Crippen LogP contribution >= 0.6 is 0 Å². The molecule has 6 nitrogen and oxygen atoms in total. The number of hydroxylamine groups is 1. The first-order valence-corrected chi connectivity index (χ1v) is 8.13. The molecule has 1 aromatic carbocycles. The van der Waals surface area contributed by atoms with Crippen LogP contribution in [0.3, 0.4) is 0 Å². The molecule has 0 aromatic heterocycles. The SMILES string of the molecule is N=C(N)c1ccc(O)c(CCC(C(=O)NO)C2CCCCC2)c1. The Kier molecular flexibility index (Phi) is 5.98. The van der Waals surface area contributed by atoms with Crippen LogP contribution in [0.1, 0.15) is 49.7 Å². The molecule has 1 fully saturated rings. The molecule has 126 valence electrons. The molecule has 1 aromatic rings. The third-order valence-electron chi connectivity index (χ3n) is 4.78. The minimum atomic E-state index is -0.348. The average molecular weight is 319 g/mol. The van der Waals surface area contributed by atoms with Crippen molar-refractivity contribution in [2.75, 3.05) is 0 Å². The van der Waals surface area contributed by atoms with E-state index < -0.39 is 0 Å². The quantitative estimate of drug-likeness (QED) is 0.239. The van der Waals surface area contributed by atoms with E-state index in [1.54, 1.807) is 17.6 Å². The van der Waals surface area contributed by atoms with E-state index in [2.05, 4.69) is 0 Å². The van der Waals surface area contributed by atoms with Gasteiger partial charge in [0.2, 0.25) is 5.91 Å². The summed E-state index contributed by atoms with van der Waals surface area (Å²) in [7, 11) is 0. The number of nitrogen functional groups attached to an aromatic ring is 1. The number of carbonyl (C=O) groups is 1. The third kappa shape index (κ3) is 4.45. The highest BCUT2D eigenvalue weighted by molar-refractivity contribution is 5.95. The Morgan fingerprint density at radius 2 is 2.04 bits per heavy atom.